The lowest BCUT2D eigenvalue weighted by molar-refractivity contribution is -0.161. The molecule has 0 saturated heterocycles. The predicted octanol–water partition coefficient (Wildman–Crippen LogP) is 1.36. The molecule has 0 unspecified atom stereocenters. The summed E-state index contributed by atoms with van der Waals surface area (Å²) in [5, 5.41) is 0. The molecule has 3 heteroatoms. The van der Waals surface area contributed by atoms with E-state index in [1.807, 2.05) is 20.8 Å². The molecule has 0 spiro atoms. The average molecular weight is 160 g/mol. The van der Waals surface area contributed by atoms with Gasteiger partial charge in [0.05, 0.1) is 0 Å². The summed E-state index contributed by atoms with van der Waals surface area (Å²) in [6.07, 6.45) is 0.808. The van der Waals surface area contributed by atoms with E-state index >= 15 is 0 Å². The van der Waals surface area contributed by atoms with Crippen LogP contribution < -0.4 is 0 Å². The third kappa shape index (κ3) is 4.79. The number of esters is 1. The first-order valence-corrected chi connectivity index (χ1v) is 3.72. The molecule has 0 aliphatic carbocycles. The Hall–Kier alpha value is -0.570. The van der Waals surface area contributed by atoms with Gasteiger partial charge in [-0.25, -0.2) is 4.79 Å². The molecule has 0 aliphatic heterocycles. The Morgan fingerprint density at radius 1 is 1.45 bits per heavy atom. The number of carbonyl (C=O) groups is 1. The number of hydrogen-bond acceptors (Lipinski definition) is 3. The van der Waals surface area contributed by atoms with Gasteiger partial charge in [-0.15, -0.1) is 0 Å². The van der Waals surface area contributed by atoms with Crippen molar-refractivity contribution in [3.8, 4) is 0 Å². The second-order valence-electron chi connectivity index (χ2n) is 3.02. The maximum Gasteiger partial charge on any atom is 0.332 e. The van der Waals surface area contributed by atoms with Crippen molar-refractivity contribution < 1.29 is 14.3 Å². The molecule has 66 valence electrons. The highest BCUT2D eigenvalue weighted by atomic mass is 16.6. The first-order valence-electron chi connectivity index (χ1n) is 3.72. The van der Waals surface area contributed by atoms with Gasteiger partial charge in [-0.1, -0.05) is 6.92 Å². The molecule has 3 nitrogen and oxygen atoms in total. The first kappa shape index (κ1) is 10.4. The van der Waals surface area contributed by atoms with Crippen LogP contribution in [0.25, 0.3) is 0 Å². The summed E-state index contributed by atoms with van der Waals surface area (Å²) in [4.78, 5) is 10.9. The van der Waals surface area contributed by atoms with Crippen LogP contribution in [-0.2, 0) is 14.3 Å². The summed E-state index contributed by atoms with van der Waals surface area (Å²) in [7, 11) is 1.47. The molecule has 0 radical (unpaired) electrons. The molecule has 0 saturated carbocycles. The Morgan fingerprint density at radius 2 is 2.00 bits per heavy atom. The fourth-order valence-corrected chi connectivity index (χ4v) is 0.528. The number of carbonyl (C=O) groups excluding carboxylic acids is 1. The zero-order valence-electron chi connectivity index (χ0n) is 7.64. The summed E-state index contributed by atoms with van der Waals surface area (Å²) in [6.45, 7) is 5.75. The SMILES string of the molecule is CCC(C)(C)OC(=O)COC. The van der Waals surface area contributed by atoms with E-state index in [2.05, 4.69) is 4.74 Å². The van der Waals surface area contributed by atoms with Gasteiger partial charge in [-0.05, 0) is 20.3 Å². The molecule has 0 aromatic rings. The van der Waals surface area contributed by atoms with Crippen LogP contribution >= 0.6 is 0 Å². The van der Waals surface area contributed by atoms with Gasteiger partial charge in [0.25, 0.3) is 0 Å². The molecule has 0 aromatic carbocycles. The minimum absolute atomic E-state index is 0.0312. The molecule has 0 heterocycles. The summed E-state index contributed by atoms with van der Waals surface area (Å²) in [6, 6.07) is 0. The van der Waals surface area contributed by atoms with Crippen molar-refractivity contribution in [1.82, 2.24) is 0 Å². The second kappa shape index (κ2) is 4.34. The normalized spacial score (nSPS) is 11.3. The molecule has 0 atom stereocenters. The molecule has 0 N–H and O–H groups in total. The van der Waals surface area contributed by atoms with Gasteiger partial charge in [-0.2, -0.15) is 0 Å². The maximum absolute atomic E-state index is 10.9. The standard InChI is InChI=1S/C8H16O3/c1-5-8(2,3)11-7(9)6-10-4/h5-6H2,1-4H3. The van der Waals surface area contributed by atoms with Crippen LogP contribution in [-0.4, -0.2) is 25.3 Å². The summed E-state index contributed by atoms with van der Waals surface area (Å²) >= 11 is 0. The largest absolute Gasteiger partial charge is 0.458 e. The fourth-order valence-electron chi connectivity index (χ4n) is 0.528. The first-order chi connectivity index (χ1) is 5.02. The van der Waals surface area contributed by atoms with Crippen molar-refractivity contribution in [2.24, 2.45) is 0 Å². The van der Waals surface area contributed by atoms with Crippen molar-refractivity contribution in [3.63, 3.8) is 0 Å². The Morgan fingerprint density at radius 3 is 2.36 bits per heavy atom. The summed E-state index contributed by atoms with van der Waals surface area (Å²) < 4.78 is 9.68. The van der Waals surface area contributed by atoms with Crippen LogP contribution in [0.3, 0.4) is 0 Å². The Labute approximate surface area is 67.7 Å². The van der Waals surface area contributed by atoms with Gasteiger partial charge in [0, 0.05) is 7.11 Å². The maximum atomic E-state index is 10.9. The number of ether oxygens (including phenoxy) is 2. The van der Waals surface area contributed by atoms with Crippen LogP contribution in [0.2, 0.25) is 0 Å². The van der Waals surface area contributed by atoms with Crippen molar-refractivity contribution in [1.29, 1.82) is 0 Å². The highest BCUT2D eigenvalue weighted by molar-refractivity contribution is 5.71. The number of hydrogen-bond donors (Lipinski definition) is 0. The average Bonchev–Trinajstić information content (AvgIpc) is 1.87. The van der Waals surface area contributed by atoms with Crippen LogP contribution in [0, 0.1) is 0 Å². The monoisotopic (exact) mass is 160 g/mol. The molecule has 0 amide bonds. The van der Waals surface area contributed by atoms with Crippen molar-refractivity contribution in [2.45, 2.75) is 32.8 Å². The van der Waals surface area contributed by atoms with E-state index in [1.54, 1.807) is 0 Å². The van der Waals surface area contributed by atoms with Crippen LogP contribution in [0.5, 0.6) is 0 Å². The van der Waals surface area contributed by atoms with Crippen LogP contribution in [0.15, 0.2) is 0 Å². The highest BCUT2D eigenvalue weighted by Gasteiger charge is 2.19. The van der Waals surface area contributed by atoms with Crippen molar-refractivity contribution in [2.75, 3.05) is 13.7 Å². The van der Waals surface area contributed by atoms with Gasteiger partial charge in [0.15, 0.2) is 0 Å². The Bertz CT molecular complexity index is 129. The fraction of sp³-hybridized carbons (Fsp3) is 0.875. The third-order valence-corrected chi connectivity index (χ3v) is 1.50. The lowest BCUT2D eigenvalue weighted by Crippen LogP contribution is -2.28. The molecule has 11 heavy (non-hydrogen) atoms. The lowest BCUT2D eigenvalue weighted by Gasteiger charge is -2.22. The molecule has 0 aromatic heterocycles. The molecule has 0 rings (SSSR count). The molecule has 0 bridgehead atoms. The van der Waals surface area contributed by atoms with E-state index in [4.69, 9.17) is 4.74 Å². The minimum Gasteiger partial charge on any atom is -0.458 e. The van der Waals surface area contributed by atoms with Gasteiger partial charge in [0.1, 0.15) is 12.2 Å². The number of rotatable bonds is 4. The van der Waals surface area contributed by atoms with E-state index in [9.17, 15) is 4.79 Å². The van der Waals surface area contributed by atoms with E-state index in [1.165, 1.54) is 7.11 Å². The Kier molecular flexibility index (Phi) is 4.11. The van der Waals surface area contributed by atoms with Gasteiger partial charge >= 0.3 is 5.97 Å². The molecular formula is C8H16O3. The van der Waals surface area contributed by atoms with Gasteiger partial charge in [0.2, 0.25) is 0 Å². The van der Waals surface area contributed by atoms with Crippen LogP contribution in [0.1, 0.15) is 27.2 Å². The highest BCUT2D eigenvalue weighted by Crippen LogP contribution is 2.13. The Balaban J connectivity index is 3.74. The summed E-state index contributed by atoms with van der Waals surface area (Å²) in [5.41, 5.74) is -0.365. The molecule has 0 fully saturated rings. The smallest absolute Gasteiger partial charge is 0.332 e. The summed E-state index contributed by atoms with van der Waals surface area (Å²) in [5.74, 6) is -0.306. The third-order valence-electron chi connectivity index (χ3n) is 1.50. The second-order valence-corrected chi connectivity index (χ2v) is 3.02. The van der Waals surface area contributed by atoms with Crippen molar-refractivity contribution >= 4 is 5.97 Å². The van der Waals surface area contributed by atoms with Gasteiger partial charge < -0.3 is 9.47 Å². The van der Waals surface area contributed by atoms with Gasteiger partial charge in [-0.3, -0.25) is 0 Å². The molecule has 0 aliphatic rings. The number of methoxy groups -OCH3 is 1. The van der Waals surface area contributed by atoms with E-state index < -0.39 is 0 Å². The van der Waals surface area contributed by atoms with E-state index in [-0.39, 0.29) is 18.2 Å². The zero-order valence-corrected chi connectivity index (χ0v) is 7.64. The molecular weight excluding hydrogens is 144 g/mol. The zero-order chi connectivity index (χ0) is 8.91. The van der Waals surface area contributed by atoms with E-state index in [0.29, 0.717) is 0 Å². The van der Waals surface area contributed by atoms with E-state index in [0.717, 1.165) is 6.42 Å². The lowest BCUT2D eigenvalue weighted by atomic mass is 10.1. The van der Waals surface area contributed by atoms with Crippen LogP contribution in [0.4, 0.5) is 0 Å². The topological polar surface area (TPSA) is 35.5 Å². The minimum atomic E-state index is -0.365. The predicted molar refractivity (Wildman–Crippen MR) is 42.3 cm³/mol. The van der Waals surface area contributed by atoms with Crippen molar-refractivity contribution in [3.05, 3.63) is 0 Å². The quantitative estimate of drug-likeness (QED) is 0.582.